The average molecular weight is 494 g/mol. The first-order chi connectivity index (χ1) is 15.9. The number of aromatic nitrogens is 1. The molecular weight excluding hydrogens is 458 g/mol. The van der Waals surface area contributed by atoms with E-state index in [1.54, 1.807) is 13.1 Å². The molecule has 33 heavy (non-hydrogen) atoms. The summed E-state index contributed by atoms with van der Waals surface area (Å²) in [5.74, 6) is -0.156. The predicted molar refractivity (Wildman–Crippen MR) is 133 cm³/mol. The van der Waals surface area contributed by atoms with E-state index in [0.29, 0.717) is 17.9 Å². The van der Waals surface area contributed by atoms with Crippen molar-refractivity contribution in [3.63, 3.8) is 0 Å². The number of ether oxygens (including phenoxy) is 1. The van der Waals surface area contributed by atoms with Gasteiger partial charge in [-0.25, -0.2) is 9.78 Å². The van der Waals surface area contributed by atoms with E-state index in [2.05, 4.69) is 11.9 Å². The number of aliphatic hydroxyl groups is 2. The van der Waals surface area contributed by atoms with Crippen LogP contribution in [-0.2, 0) is 11.2 Å². The molecule has 1 aromatic carbocycles. The van der Waals surface area contributed by atoms with Gasteiger partial charge in [0.25, 0.3) is 0 Å². The zero-order valence-corrected chi connectivity index (χ0v) is 21.2. The zero-order valence-electron chi connectivity index (χ0n) is 19.6. The number of benzene rings is 1. The highest BCUT2D eigenvalue weighted by Crippen LogP contribution is 2.45. The van der Waals surface area contributed by atoms with Crippen molar-refractivity contribution in [1.29, 1.82) is 0 Å². The third-order valence-electron chi connectivity index (χ3n) is 6.55. The molecular formula is C26H36ClNO4S. The van der Waals surface area contributed by atoms with Crippen LogP contribution in [0, 0.1) is 5.92 Å². The number of hydrogen-bond donors (Lipinski definition) is 2. The fourth-order valence-electron chi connectivity index (χ4n) is 4.80. The van der Waals surface area contributed by atoms with E-state index in [1.165, 1.54) is 11.3 Å². The Bertz CT molecular complexity index is 871. The largest absolute Gasteiger partial charge is 0.462 e. The van der Waals surface area contributed by atoms with Crippen LogP contribution in [0.25, 0.3) is 0 Å². The van der Waals surface area contributed by atoms with E-state index >= 15 is 0 Å². The number of esters is 1. The number of alkyl halides is 1. The number of carbonyl (C=O) groups is 1. The molecule has 1 heterocycles. The first-order valence-corrected chi connectivity index (χ1v) is 13.4. The summed E-state index contributed by atoms with van der Waals surface area (Å²) in [6, 6.07) is 8.06. The van der Waals surface area contributed by atoms with Crippen molar-refractivity contribution in [1.82, 2.24) is 4.98 Å². The second kappa shape index (κ2) is 12.8. The first kappa shape index (κ1) is 26.1. The molecule has 1 aliphatic rings. The van der Waals surface area contributed by atoms with E-state index in [4.69, 9.17) is 16.3 Å². The fraction of sp³-hybridized carbons (Fsp3) is 0.615. The van der Waals surface area contributed by atoms with Crippen molar-refractivity contribution in [3.05, 3.63) is 51.5 Å². The Morgan fingerprint density at radius 3 is 2.70 bits per heavy atom. The number of halogens is 1. The Hall–Kier alpha value is -1.47. The van der Waals surface area contributed by atoms with Gasteiger partial charge in [-0.15, -0.1) is 22.9 Å². The van der Waals surface area contributed by atoms with Crippen LogP contribution in [0.5, 0.6) is 0 Å². The normalized spacial score (nSPS) is 23.5. The van der Waals surface area contributed by atoms with Crippen LogP contribution in [0.2, 0.25) is 0 Å². The number of aliphatic hydroxyl groups excluding tert-OH is 2. The minimum Gasteiger partial charge on any atom is -0.462 e. The van der Waals surface area contributed by atoms with Crippen LogP contribution in [-0.4, -0.2) is 39.3 Å². The van der Waals surface area contributed by atoms with Crippen molar-refractivity contribution in [2.75, 3.05) is 6.61 Å². The summed E-state index contributed by atoms with van der Waals surface area (Å²) in [5.41, 5.74) is 2.02. The molecule has 1 aliphatic carbocycles. The zero-order chi connectivity index (χ0) is 23.8. The molecule has 182 valence electrons. The molecule has 0 amide bonds. The summed E-state index contributed by atoms with van der Waals surface area (Å²) in [6.07, 6.45) is 7.89. The number of nitrogens with zero attached hydrogens (tertiary/aromatic N) is 1. The monoisotopic (exact) mass is 493 g/mol. The van der Waals surface area contributed by atoms with Gasteiger partial charge in [0, 0.05) is 11.3 Å². The lowest BCUT2D eigenvalue weighted by atomic mass is 9.84. The molecule has 1 saturated carbocycles. The van der Waals surface area contributed by atoms with Crippen LogP contribution >= 0.6 is 22.9 Å². The molecule has 1 fully saturated rings. The summed E-state index contributed by atoms with van der Waals surface area (Å²) < 4.78 is 5.03. The van der Waals surface area contributed by atoms with Gasteiger partial charge in [0.05, 0.1) is 30.0 Å². The summed E-state index contributed by atoms with van der Waals surface area (Å²) in [6.45, 7) is 4.30. The Morgan fingerprint density at radius 2 is 2.00 bits per heavy atom. The number of rotatable bonds is 12. The van der Waals surface area contributed by atoms with Gasteiger partial charge >= 0.3 is 5.97 Å². The molecule has 0 aliphatic heterocycles. The maximum atomic E-state index is 11.8. The van der Waals surface area contributed by atoms with Crippen LogP contribution in [0.15, 0.2) is 30.5 Å². The van der Waals surface area contributed by atoms with E-state index < -0.39 is 12.2 Å². The number of thiazole rings is 1. The van der Waals surface area contributed by atoms with Gasteiger partial charge < -0.3 is 14.9 Å². The quantitative estimate of drug-likeness (QED) is 0.214. The second-order valence-electron chi connectivity index (χ2n) is 8.92. The van der Waals surface area contributed by atoms with E-state index in [1.807, 2.05) is 24.3 Å². The average Bonchev–Trinajstić information content (AvgIpc) is 3.38. The first-order valence-electron chi connectivity index (χ1n) is 12.2. The van der Waals surface area contributed by atoms with Crippen molar-refractivity contribution >= 4 is 28.9 Å². The molecule has 7 heteroatoms. The summed E-state index contributed by atoms with van der Waals surface area (Å²) in [4.78, 5) is 16.7. The van der Waals surface area contributed by atoms with Crippen molar-refractivity contribution in [2.24, 2.45) is 5.92 Å². The third-order valence-corrected chi connectivity index (χ3v) is 8.09. The molecule has 0 spiro atoms. The van der Waals surface area contributed by atoms with Gasteiger partial charge in [0.1, 0.15) is 4.88 Å². The molecule has 5 atom stereocenters. The smallest absolute Gasteiger partial charge is 0.349 e. The predicted octanol–water partition coefficient (Wildman–Crippen LogP) is 6.03. The highest BCUT2D eigenvalue weighted by atomic mass is 35.5. The van der Waals surface area contributed by atoms with Crippen molar-refractivity contribution in [3.8, 4) is 0 Å². The molecule has 0 bridgehead atoms. The summed E-state index contributed by atoms with van der Waals surface area (Å²) >= 11 is 8.04. The lowest BCUT2D eigenvalue weighted by Crippen LogP contribution is -2.19. The Kier molecular flexibility index (Phi) is 10.2. The molecule has 3 rings (SSSR count). The highest BCUT2D eigenvalue weighted by molar-refractivity contribution is 7.13. The molecule has 2 N–H and O–H groups in total. The van der Waals surface area contributed by atoms with Crippen LogP contribution in [0.1, 0.15) is 96.6 Å². The molecule has 0 radical (unpaired) electrons. The standard InChI is InChI=1S/C26H36ClNO4S/c1-3-5-6-9-21(29)17-11-13-18(14-12-17)25-19(20(27)15-22(25)30)8-7-10-24-28-16-23(33-24)26(31)32-4-2/h11-14,16,19-22,25,29-30H,3-10,15H2,1-2H3/t19-,20?,21?,22+,25?/m0/s1. The Balaban J connectivity index is 1.58. The number of aryl methyl sites for hydroxylation is 1. The molecule has 3 unspecified atom stereocenters. The maximum absolute atomic E-state index is 11.8. The Morgan fingerprint density at radius 1 is 1.24 bits per heavy atom. The lowest BCUT2D eigenvalue weighted by molar-refractivity contribution is 0.0531. The lowest BCUT2D eigenvalue weighted by Gasteiger charge is -2.24. The van der Waals surface area contributed by atoms with Crippen LogP contribution in [0.3, 0.4) is 0 Å². The topological polar surface area (TPSA) is 79.7 Å². The minimum absolute atomic E-state index is 0.00910. The van der Waals surface area contributed by atoms with Gasteiger partial charge in [-0.05, 0) is 56.1 Å². The highest BCUT2D eigenvalue weighted by Gasteiger charge is 2.42. The number of unbranched alkanes of at least 4 members (excludes halogenated alkanes) is 2. The van der Waals surface area contributed by atoms with Gasteiger partial charge in [0.2, 0.25) is 0 Å². The fourth-order valence-corrected chi connectivity index (χ4v) is 6.12. The van der Waals surface area contributed by atoms with E-state index in [9.17, 15) is 15.0 Å². The molecule has 2 aromatic rings. The minimum atomic E-state index is -0.465. The van der Waals surface area contributed by atoms with E-state index in [0.717, 1.165) is 61.1 Å². The maximum Gasteiger partial charge on any atom is 0.349 e. The van der Waals surface area contributed by atoms with Crippen molar-refractivity contribution in [2.45, 2.75) is 88.7 Å². The molecule has 1 aromatic heterocycles. The van der Waals surface area contributed by atoms with Gasteiger partial charge in [-0.2, -0.15) is 0 Å². The summed E-state index contributed by atoms with van der Waals surface area (Å²) in [5, 5.41) is 22.0. The van der Waals surface area contributed by atoms with Gasteiger partial charge in [0.15, 0.2) is 0 Å². The second-order valence-corrected chi connectivity index (χ2v) is 10.6. The van der Waals surface area contributed by atoms with Crippen molar-refractivity contribution < 1.29 is 19.7 Å². The number of carbonyl (C=O) groups excluding carboxylic acids is 1. The summed E-state index contributed by atoms with van der Waals surface area (Å²) in [7, 11) is 0. The van der Waals surface area contributed by atoms with Crippen LogP contribution < -0.4 is 0 Å². The van der Waals surface area contributed by atoms with Gasteiger partial charge in [-0.1, -0.05) is 50.5 Å². The number of hydrogen-bond acceptors (Lipinski definition) is 6. The SMILES string of the molecule is CCCCCC(O)c1ccc(C2[C@@H](CCCc3ncc(C(=O)OCC)s3)C(Cl)C[C@H]2O)cc1. The Labute approximate surface area is 206 Å². The molecule has 0 saturated heterocycles. The van der Waals surface area contributed by atoms with E-state index in [-0.39, 0.29) is 23.2 Å². The third kappa shape index (κ3) is 7.01. The molecule has 5 nitrogen and oxygen atoms in total. The van der Waals surface area contributed by atoms with Gasteiger partial charge in [-0.3, -0.25) is 0 Å². The van der Waals surface area contributed by atoms with Crippen LogP contribution in [0.4, 0.5) is 0 Å².